The largest absolute Gasteiger partial charge is 0.355 e. The molecular weight excluding hydrogens is 166 g/mol. The third-order valence-corrected chi connectivity index (χ3v) is 2.70. The van der Waals surface area contributed by atoms with Crippen molar-refractivity contribution in [2.24, 2.45) is 13.0 Å². The lowest BCUT2D eigenvalue weighted by atomic mass is 9.97. The number of carbonyl (C=O) groups is 1. The zero-order chi connectivity index (χ0) is 9.42. The lowest BCUT2D eigenvalue weighted by Gasteiger charge is -2.11. The van der Waals surface area contributed by atoms with E-state index in [0.717, 1.165) is 5.82 Å². The molecule has 2 rings (SSSR count). The van der Waals surface area contributed by atoms with Crippen molar-refractivity contribution in [3.8, 4) is 0 Å². The Morgan fingerprint density at radius 2 is 2.46 bits per heavy atom. The van der Waals surface area contributed by atoms with Crippen LogP contribution in [0.2, 0.25) is 0 Å². The smallest absolute Gasteiger partial charge is 0.223 e. The molecule has 0 bridgehead atoms. The van der Waals surface area contributed by atoms with Crippen LogP contribution in [0.5, 0.6) is 0 Å². The predicted octanol–water partition coefficient (Wildman–Crippen LogP) is 0.270. The van der Waals surface area contributed by atoms with E-state index in [2.05, 4.69) is 10.3 Å². The summed E-state index contributed by atoms with van der Waals surface area (Å²) in [5.41, 5.74) is 0. The number of hydrogen-bond acceptors (Lipinski definition) is 2. The highest BCUT2D eigenvalue weighted by Gasteiger charge is 2.33. The first-order valence-corrected chi connectivity index (χ1v) is 4.45. The summed E-state index contributed by atoms with van der Waals surface area (Å²) in [7, 11) is 1.96. The molecule has 1 amide bonds. The van der Waals surface area contributed by atoms with Crippen LogP contribution in [-0.4, -0.2) is 22.0 Å². The summed E-state index contributed by atoms with van der Waals surface area (Å²) in [5, 5.41) is 2.84. The standard InChI is InChI=1S/C9H13N3O/c1-6-7(5-11-9(6)13)8-10-3-4-12(8)2/h3-4,6-7H,5H2,1-2H3,(H,11,13). The molecule has 2 heterocycles. The van der Waals surface area contributed by atoms with Gasteiger partial charge >= 0.3 is 0 Å². The van der Waals surface area contributed by atoms with Crippen molar-refractivity contribution in [2.45, 2.75) is 12.8 Å². The van der Waals surface area contributed by atoms with Gasteiger partial charge in [0.1, 0.15) is 5.82 Å². The van der Waals surface area contributed by atoms with Crippen LogP contribution in [-0.2, 0) is 11.8 Å². The van der Waals surface area contributed by atoms with Crippen LogP contribution in [0.15, 0.2) is 12.4 Å². The molecule has 1 fully saturated rings. The van der Waals surface area contributed by atoms with E-state index in [1.807, 2.05) is 24.7 Å². The first-order valence-electron chi connectivity index (χ1n) is 4.45. The minimum Gasteiger partial charge on any atom is -0.355 e. The zero-order valence-corrected chi connectivity index (χ0v) is 7.82. The van der Waals surface area contributed by atoms with E-state index in [4.69, 9.17) is 0 Å². The number of aromatic nitrogens is 2. The predicted molar refractivity (Wildman–Crippen MR) is 48.1 cm³/mol. The van der Waals surface area contributed by atoms with Gasteiger partial charge in [0.2, 0.25) is 5.91 Å². The van der Waals surface area contributed by atoms with Gasteiger partial charge in [0.15, 0.2) is 0 Å². The highest BCUT2D eigenvalue weighted by Crippen LogP contribution is 2.26. The van der Waals surface area contributed by atoms with Crippen molar-refractivity contribution in [3.63, 3.8) is 0 Å². The lowest BCUT2D eigenvalue weighted by Crippen LogP contribution is -2.17. The first kappa shape index (κ1) is 8.29. The van der Waals surface area contributed by atoms with Crippen molar-refractivity contribution >= 4 is 5.91 Å². The Bertz CT molecular complexity index is 331. The van der Waals surface area contributed by atoms with Crippen LogP contribution < -0.4 is 5.32 Å². The van der Waals surface area contributed by atoms with Crippen molar-refractivity contribution < 1.29 is 4.79 Å². The Morgan fingerprint density at radius 1 is 1.69 bits per heavy atom. The maximum atomic E-state index is 11.2. The Morgan fingerprint density at radius 3 is 2.92 bits per heavy atom. The van der Waals surface area contributed by atoms with Crippen molar-refractivity contribution in [2.75, 3.05) is 6.54 Å². The number of aryl methyl sites for hydroxylation is 1. The van der Waals surface area contributed by atoms with Gasteiger partial charge < -0.3 is 9.88 Å². The molecule has 0 radical (unpaired) electrons. The molecule has 0 saturated carbocycles. The van der Waals surface area contributed by atoms with E-state index < -0.39 is 0 Å². The van der Waals surface area contributed by atoms with Crippen LogP contribution in [0.4, 0.5) is 0 Å². The Hall–Kier alpha value is -1.32. The van der Waals surface area contributed by atoms with Gasteiger partial charge in [0.05, 0.1) is 0 Å². The normalized spacial score (nSPS) is 27.7. The molecule has 2 unspecified atom stereocenters. The highest BCUT2D eigenvalue weighted by atomic mass is 16.2. The SMILES string of the molecule is CC1C(=O)NCC1c1nccn1C. The molecule has 4 heteroatoms. The van der Waals surface area contributed by atoms with E-state index in [1.54, 1.807) is 6.20 Å². The maximum absolute atomic E-state index is 11.2. The number of nitrogens with zero attached hydrogens (tertiary/aromatic N) is 2. The van der Waals surface area contributed by atoms with Gasteiger partial charge in [-0.2, -0.15) is 0 Å². The summed E-state index contributed by atoms with van der Waals surface area (Å²) in [4.78, 5) is 15.5. The Kier molecular flexibility index (Phi) is 1.83. The second-order valence-corrected chi connectivity index (χ2v) is 3.54. The number of hydrogen-bond donors (Lipinski definition) is 1. The zero-order valence-electron chi connectivity index (χ0n) is 7.82. The summed E-state index contributed by atoms with van der Waals surface area (Å²) in [6.45, 7) is 2.66. The number of nitrogens with one attached hydrogen (secondary N) is 1. The van der Waals surface area contributed by atoms with Gasteiger partial charge in [0.25, 0.3) is 0 Å². The fourth-order valence-corrected chi connectivity index (χ4v) is 1.78. The van der Waals surface area contributed by atoms with Gasteiger partial charge in [-0.15, -0.1) is 0 Å². The lowest BCUT2D eigenvalue weighted by molar-refractivity contribution is -0.122. The van der Waals surface area contributed by atoms with Gasteiger partial charge in [-0.1, -0.05) is 6.92 Å². The molecule has 1 aliphatic rings. The molecule has 0 aromatic carbocycles. The average Bonchev–Trinajstić information content (AvgIpc) is 2.62. The number of amides is 1. The van der Waals surface area contributed by atoms with E-state index in [1.165, 1.54) is 0 Å². The minimum absolute atomic E-state index is 0.0427. The van der Waals surface area contributed by atoms with Crippen molar-refractivity contribution in [1.82, 2.24) is 14.9 Å². The fraction of sp³-hybridized carbons (Fsp3) is 0.556. The number of rotatable bonds is 1. The molecule has 1 saturated heterocycles. The van der Waals surface area contributed by atoms with E-state index >= 15 is 0 Å². The maximum Gasteiger partial charge on any atom is 0.223 e. The molecule has 1 N–H and O–H groups in total. The number of carbonyl (C=O) groups excluding carboxylic acids is 1. The van der Waals surface area contributed by atoms with E-state index in [9.17, 15) is 4.79 Å². The molecule has 0 spiro atoms. The molecular formula is C9H13N3O. The molecule has 13 heavy (non-hydrogen) atoms. The molecule has 2 atom stereocenters. The topological polar surface area (TPSA) is 46.9 Å². The summed E-state index contributed by atoms with van der Waals surface area (Å²) in [6, 6.07) is 0. The third-order valence-electron chi connectivity index (χ3n) is 2.70. The summed E-state index contributed by atoms with van der Waals surface area (Å²) >= 11 is 0. The Labute approximate surface area is 77.0 Å². The monoisotopic (exact) mass is 179 g/mol. The quantitative estimate of drug-likeness (QED) is 0.672. The fourth-order valence-electron chi connectivity index (χ4n) is 1.78. The van der Waals surface area contributed by atoms with E-state index in [0.29, 0.717) is 6.54 Å². The summed E-state index contributed by atoms with van der Waals surface area (Å²) < 4.78 is 1.97. The second kappa shape index (κ2) is 2.87. The van der Waals surface area contributed by atoms with Crippen LogP contribution in [0, 0.1) is 5.92 Å². The molecule has 1 aliphatic heterocycles. The summed E-state index contributed by atoms with van der Waals surface area (Å²) in [6.07, 6.45) is 3.68. The van der Waals surface area contributed by atoms with Crippen molar-refractivity contribution in [1.29, 1.82) is 0 Å². The molecule has 0 aliphatic carbocycles. The van der Waals surface area contributed by atoms with Crippen LogP contribution >= 0.6 is 0 Å². The molecule has 4 nitrogen and oxygen atoms in total. The first-order chi connectivity index (χ1) is 6.20. The molecule has 1 aromatic rings. The van der Waals surface area contributed by atoms with Gasteiger partial charge in [-0.3, -0.25) is 4.79 Å². The van der Waals surface area contributed by atoms with Gasteiger partial charge in [-0.25, -0.2) is 4.98 Å². The highest BCUT2D eigenvalue weighted by molar-refractivity contribution is 5.81. The van der Waals surface area contributed by atoms with Gasteiger partial charge in [-0.05, 0) is 0 Å². The second-order valence-electron chi connectivity index (χ2n) is 3.54. The molecule has 1 aromatic heterocycles. The van der Waals surface area contributed by atoms with Crippen LogP contribution in [0.1, 0.15) is 18.7 Å². The summed E-state index contributed by atoms with van der Waals surface area (Å²) in [5.74, 6) is 1.40. The number of imidazole rings is 1. The Balaban J connectivity index is 2.28. The molecule has 70 valence electrons. The third kappa shape index (κ3) is 1.22. The average molecular weight is 179 g/mol. The van der Waals surface area contributed by atoms with Crippen LogP contribution in [0.3, 0.4) is 0 Å². The van der Waals surface area contributed by atoms with Crippen molar-refractivity contribution in [3.05, 3.63) is 18.2 Å². The minimum atomic E-state index is 0.0427. The van der Waals surface area contributed by atoms with Gasteiger partial charge in [0, 0.05) is 37.8 Å². The van der Waals surface area contributed by atoms with E-state index in [-0.39, 0.29) is 17.7 Å². The van der Waals surface area contributed by atoms with Crippen LogP contribution in [0.25, 0.3) is 0 Å².